The summed E-state index contributed by atoms with van der Waals surface area (Å²) < 4.78 is 0. The predicted molar refractivity (Wildman–Crippen MR) is 59.2 cm³/mol. The van der Waals surface area contributed by atoms with Gasteiger partial charge in [-0.3, -0.25) is 0 Å². The van der Waals surface area contributed by atoms with Gasteiger partial charge in [0.05, 0.1) is 0 Å². The second kappa shape index (κ2) is 4.01. The van der Waals surface area contributed by atoms with E-state index in [1.165, 1.54) is 5.56 Å². The Morgan fingerprint density at radius 2 is 1.71 bits per heavy atom. The first-order valence-corrected chi connectivity index (χ1v) is 4.93. The van der Waals surface area contributed by atoms with Crippen LogP contribution in [0.2, 0.25) is 0 Å². The summed E-state index contributed by atoms with van der Waals surface area (Å²) in [5, 5.41) is 9.12. The summed E-state index contributed by atoms with van der Waals surface area (Å²) in [6.45, 7) is 6.41. The fourth-order valence-electron chi connectivity index (χ4n) is 1.19. The van der Waals surface area contributed by atoms with E-state index in [0.717, 1.165) is 6.42 Å². The smallest absolute Gasteiger partial charge is 0.115 e. The monoisotopic (exact) mass is 193 g/mol. The van der Waals surface area contributed by atoms with Gasteiger partial charge in [0, 0.05) is 6.04 Å². The average Bonchev–Trinajstić information content (AvgIpc) is 2.07. The Morgan fingerprint density at radius 1 is 1.21 bits per heavy atom. The third-order valence-electron chi connectivity index (χ3n) is 2.50. The van der Waals surface area contributed by atoms with E-state index in [4.69, 9.17) is 10.8 Å². The van der Waals surface area contributed by atoms with Gasteiger partial charge in [-0.2, -0.15) is 0 Å². The number of aromatic hydroxyl groups is 1. The topological polar surface area (TPSA) is 46.2 Å². The molecule has 0 bridgehead atoms. The highest BCUT2D eigenvalue weighted by Crippen LogP contribution is 2.21. The van der Waals surface area contributed by atoms with Crippen LogP contribution < -0.4 is 5.73 Å². The first kappa shape index (κ1) is 11.1. The molecule has 2 nitrogen and oxygen atoms in total. The zero-order valence-electron chi connectivity index (χ0n) is 9.12. The third-order valence-corrected chi connectivity index (χ3v) is 2.50. The Labute approximate surface area is 85.8 Å². The lowest BCUT2D eigenvalue weighted by molar-refractivity contribution is 0.318. The molecule has 0 aromatic heterocycles. The van der Waals surface area contributed by atoms with Crippen LogP contribution in [0.3, 0.4) is 0 Å². The Bertz CT molecular complexity index is 284. The van der Waals surface area contributed by atoms with Gasteiger partial charge in [0.2, 0.25) is 0 Å². The molecule has 0 radical (unpaired) electrons. The van der Waals surface area contributed by atoms with Crippen molar-refractivity contribution in [3.8, 4) is 5.75 Å². The lowest BCUT2D eigenvalue weighted by Gasteiger charge is -2.27. The minimum absolute atomic E-state index is 0.123. The molecular weight excluding hydrogens is 174 g/mol. The Hall–Kier alpha value is -1.02. The Balaban J connectivity index is 2.65. The number of phenolic OH excluding ortho intramolecular Hbond substituents is 1. The molecule has 0 heterocycles. The number of nitrogens with two attached hydrogens (primary N) is 1. The first-order valence-electron chi connectivity index (χ1n) is 4.93. The molecule has 78 valence electrons. The van der Waals surface area contributed by atoms with Crippen molar-refractivity contribution in [3.05, 3.63) is 29.8 Å². The summed E-state index contributed by atoms with van der Waals surface area (Å²) in [6, 6.07) is 7.38. The number of phenols is 1. The minimum Gasteiger partial charge on any atom is -0.508 e. The summed E-state index contributed by atoms with van der Waals surface area (Å²) >= 11 is 0. The molecule has 0 spiro atoms. The normalized spacial score (nSPS) is 14.0. The fraction of sp³-hybridized carbons (Fsp3) is 0.500. The molecule has 0 aliphatic carbocycles. The van der Waals surface area contributed by atoms with Crippen molar-refractivity contribution in [2.45, 2.75) is 33.2 Å². The van der Waals surface area contributed by atoms with Crippen LogP contribution in [0.25, 0.3) is 0 Å². The van der Waals surface area contributed by atoms with Crippen molar-refractivity contribution in [2.75, 3.05) is 0 Å². The summed E-state index contributed by atoms with van der Waals surface area (Å²) in [5.74, 6) is 0.304. The van der Waals surface area contributed by atoms with Crippen molar-refractivity contribution < 1.29 is 5.11 Å². The predicted octanol–water partition coefficient (Wildman–Crippen LogP) is 2.31. The Morgan fingerprint density at radius 3 is 2.14 bits per heavy atom. The van der Waals surface area contributed by atoms with Crippen molar-refractivity contribution in [1.82, 2.24) is 0 Å². The SMILES string of the molecule is CC(C)(C)C(N)Cc1ccc(O)cc1. The standard InChI is InChI=1S/C12H19NO/c1-12(2,3)11(13)8-9-4-6-10(14)7-5-9/h4-7,11,14H,8,13H2,1-3H3. The molecule has 0 fully saturated rings. The molecule has 1 atom stereocenters. The van der Waals surface area contributed by atoms with E-state index in [-0.39, 0.29) is 11.5 Å². The molecule has 0 aliphatic rings. The van der Waals surface area contributed by atoms with Crippen LogP contribution in [0.15, 0.2) is 24.3 Å². The maximum atomic E-state index is 9.12. The zero-order chi connectivity index (χ0) is 10.8. The number of rotatable bonds is 2. The van der Waals surface area contributed by atoms with Crippen LogP contribution in [-0.2, 0) is 6.42 Å². The number of benzene rings is 1. The molecule has 1 rings (SSSR count). The third kappa shape index (κ3) is 3.04. The van der Waals surface area contributed by atoms with E-state index in [1.807, 2.05) is 12.1 Å². The second-order valence-corrected chi connectivity index (χ2v) is 4.84. The molecule has 14 heavy (non-hydrogen) atoms. The molecule has 1 aromatic rings. The van der Waals surface area contributed by atoms with Crippen LogP contribution in [0.5, 0.6) is 5.75 Å². The molecule has 0 saturated carbocycles. The molecular formula is C12H19NO. The van der Waals surface area contributed by atoms with E-state index in [2.05, 4.69) is 20.8 Å². The lowest BCUT2D eigenvalue weighted by Crippen LogP contribution is -2.36. The summed E-state index contributed by atoms with van der Waals surface area (Å²) in [6.07, 6.45) is 0.851. The maximum Gasteiger partial charge on any atom is 0.115 e. The van der Waals surface area contributed by atoms with Crippen molar-refractivity contribution >= 4 is 0 Å². The molecule has 1 unspecified atom stereocenters. The summed E-state index contributed by atoms with van der Waals surface area (Å²) in [5.41, 5.74) is 7.35. The van der Waals surface area contributed by atoms with Gasteiger partial charge in [0.1, 0.15) is 5.75 Å². The summed E-state index contributed by atoms with van der Waals surface area (Å²) in [4.78, 5) is 0. The van der Waals surface area contributed by atoms with Crippen LogP contribution in [0, 0.1) is 5.41 Å². The van der Waals surface area contributed by atoms with E-state index in [1.54, 1.807) is 12.1 Å². The van der Waals surface area contributed by atoms with Gasteiger partial charge >= 0.3 is 0 Å². The van der Waals surface area contributed by atoms with Gasteiger partial charge in [0.15, 0.2) is 0 Å². The number of hydrogen-bond acceptors (Lipinski definition) is 2. The zero-order valence-corrected chi connectivity index (χ0v) is 9.12. The van der Waals surface area contributed by atoms with Crippen LogP contribution in [0.4, 0.5) is 0 Å². The van der Waals surface area contributed by atoms with E-state index in [9.17, 15) is 0 Å². The van der Waals surface area contributed by atoms with Crippen LogP contribution in [0.1, 0.15) is 26.3 Å². The second-order valence-electron chi connectivity index (χ2n) is 4.84. The van der Waals surface area contributed by atoms with E-state index >= 15 is 0 Å². The highest BCUT2D eigenvalue weighted by atomic mass is 16.3. The molecule has 0 aliphatic heterocycles. The highest BCUT2D eigenvalue weighted by Gasteiger charge is 2.20. The Kier molecular flexibility index (Phi) is 3.17. The quantitative estimate of drug-likeness (QED) is 0.757. The van der Waals surface area contributed by atoms with Gasteiger partial charge in [-0.05, 0) is 29.5 Å². The fourth-order valence-corrected chi connectivity index (χ4v) is 1.19. The number of hydrogen-bond donors (Lipinski definition) is 2. The van der Waals surface area contributed by atoms with E-state index in [0.29, 0.717) is 5.75 Å². The molecule has 3 N–H and O–H groups in total. The van der Waals surface area contributed by atoms with Crippen LogP contribution in [-0.4, -0.2) is 11.1 Å². The van der Waals surface area contributed by atoms with Gasteiger partial charge in [-0.25, -0.2) is 0 Å². The van der Waals surface area contributed by atoms with Gasteiger partial charge in [0.25, 0.3) is 0 Å². The highest BCUT2D eigenvalue weighted by molar-refractivity contribution is 5.26. The van der Waals surface area contributed by atoms with E-state index < -0.39 is 0 Å². The van der Waals surface area contributed by atoms with Gasteiger partial charge < -0.3 is 10.8 Å². The van der Waals surface area contributed by atoms with Gasteiger partial charge in [-0.15, -0.1) is 0 Å². The van der Waals surface area contributed by atoms with Crippen molar-refractivity contribution in [1.29, 1.82) is 0 Å². The first-order chi connectivity index (χ1) is 6.39. The van der Waals surface area contributed by atoms with Gasteiger partial charge in [-0.1, -0.05) is 32.9 Å². The molecule has 1 aromatic carbocycles. The molecule has 2 heteroatoms. The minimum atomic E-state index is 0.123. The van der Waals surface area contributed by atoms with Crippen molar-refractivity contribution in [2.24, 2.45) is 11.1 Å². The lowest BCUT2D eigenvalue weighted by atomic mass is 9.84. The van der Waals surface area contributed by atoms with Crippen molar-refractivity contribution in [3.63, 3.8) is 0 Å². The molecule has 0 amide bonds. The largest absolute Gasteiger partial charge is 0.508 e. The summed E-state index contributed by atoms with van der Waals surface area (Å²) in [7, 11) is 0. The van der Waals surface area contributed by atoms with Crippen LogP contribution >= 0.6 is 0 Å². The average molecular weight is 193 g/mol. The molecule has 0 saturated heterocycles. The maximum absolute atomic E-state index is 9.12.